The van der Waals surface area contributed by atoms with Crippen LogP contribution in [0.5, 0.6) is 0 Å². The molecule has 11 heavy (non-hydrogen) atoms. The maximum Gasteiger partial charge on any atom is 0.335 e. The second-order valence-corrected chi connectivity index (χ2v) is 2.94. The molecule has 2 atom stereocenters. The Hall–Kier alpha value is -0.540. The number of rotatable bonds is 3. The van der Waals surface area contributed by atoms with Crippen LogP contribution in [0.3, 0.4) is 0 Å². The zero-order chi connectivity index (χ0) is 9.02. The Morgan fingerprint density at radius 2 is 2.18 bits per heavy atom. The van der Waals surface area contributed by atoms with E-state index in [9.17, 15) is 4.79 Å². The molecule has 0 aromatic heterocycles. The summed E-state index contributed by atoms with van der Waals surface area (Å²) in [6.45, 7) is 6.36. The molecule has 0 spiro atoms. The van der Waals surface area contributed by atoms with Gasteiger partial charge in [-0.15, -0.1) is 11.6 Å². The van der Waals surface area contributed by atoms with Crippen LogP contribution in [0.15, 0.2) is 12.2 Å². The highest BCUT2D eigenvalue weighted by atomic mass is 35.5. The topological polar surface area (TPSA) is 46.5 Å². The molecular formula is C7H11ClO3. The molecule has 1 N–H and O–H groups in total. The third-order valence-electron chi connectivity index (χ3n) is 0.969. The fourth-order valence-electron chi connectivity index (χ4n) is 0.304. The van der Waals surface area contributed by atoms with Gasteiger partial charge in [0.15, 0.2) is 0 Å². The van der Waals surface area contributed by atoms with Gasteiger partial charge in [0, 0.05) is 5.57 Å². The third-order valence-corrected chi connectivity index (χ3v) is 1.18. The number of alkyl halides is 1. The number of aliphatic hydroxyl groups excluding tert-OH is 1. The Kier molecular flexibility index (Phi) is 4.15. The molecule has 64 valence electrons. The molecule has 4 heteroatoms. The summed E-state index contributed by atoms with van der Waals surface area (Å²) < 4.78 is 4.46. The van der Waals surface area contributed by atoms with Crippen LogP contribution in [0.1, 0.15) is 13.8 Å². The molecule has 0 radical (unpaired) electrons. The fourth-order valence-corrected chi connectivity index (χ4v) is 0.355. The number of carbonyl (C=O) groups excluding carboxylic acids is 1. The normalized spacial score (nSPS) is 15.3. The van der Waals surface area contributed by atoms with Gasteiger partial charge in [-0.3, -0.25) is 0 Å². The Labute approximate surface area is 70.6 Å². The second kappa shape index (κ2) is 4.36. The summed E-state index contributed by atoms with van der Waals surface area (Å²) in [5, 5.41) is 8.32. The molecule has 0 saturated carbocycles. The molecule has 0 aromatic carbocycles. The van der Waals surface area contributed by atoms with Crippen molar-refractivity contribution < 1.29 is 14.6 Å². The Bertz CT molecular complexity index is 165. The van der Waals surface area contributed by atoms with Crippen molar-refractivity contribution in [1.82, 2.24) is 0 Å². The van der Waals surface area contributed by atoms with E-state index in [1.54, 1.807) is 0 Å². The fraction of sp³-hybridized carbons (Fsp3) is 0.571. The van der Waals surface area contributed by atoms with Crippen molar-refractivity contribution in [1.29, 1.82) is 0 Å². The average molecular weight is 179 g/mol. The van der Waals surface area contributed by atoms with E-state index in [-0.39, 0.29) is 5.57 Å². The van der Waals surface area contributed by atoms with Crippen molar-refractivity contribution in [2.75, 3.05) is 0 Å². The van der Waals surface area contributed by atoms with Gasteiger partial charge < -0.3 is 9.84 Å². The highest BCUT2D eigenvalue weighted by molar-refractivity contribution is 6.20. The summed E-state index contributed by atoms with van der Waals surface area (Å²) in [5.74, 6) is -0.634. The van der Waals surface area contributed by atoms with Crippen molar-refractivity contribution in [3.8, 4) is 0 Å². The molecule has 0 rings (SSSR count). The number of esters is 1. The average Bonchev–Trinajstić information content (AvgIpc) is 1.87. The first-order valence-corrected chi connectivity index (χ1v) is 3.57. The smallest absolute Gasteiger partial charge is 0.335 e. The maximum atomic E-state index is 10.7. The largest absolute Gasteiger partial charge is 0.431 e. The Morgan fingerprint density at radius 3 is 2.45 bits per heavy atom. The molecule has 0 bridgehead atoms. The van der Waals surface area contributed by atoms with Gasteiger partial charge in [0.25, 0.3) is 0 Å². The van der Waals surface area contributed by atoms with Gasteiger partial charge in [-0.2, -0.15) is 0 Å². The minimum Gasteiger partial charge on any atom is -0.431 e. The number of aliphatic hydroxyl groups is 1. The molecule has 0 aliphatic carbocycles. The highest BCUT2D eigenvalue weighted by Crippen LogP contribution is 2.05. The van der Waals surface area contributed by atoms with Gasteiger partial charge >= 0.3 is 5.97 Å². The van der Waals surface area contributed by atoms with Crippen LogP contribution >= 0.6 is 11.6 Å². The van der Waals surface area contributed by atoms with Crippen molar-refractivity contribution in [3.63, 3.8) is 0 Å². The van der Waals surface area contributed by atoms with Crippen molar-refractivity contribution in [3.05, 3.63) is 12.2 Å². The summed E-state index contributed by atoms with van der Waals surface area (Å²) in [6, 6.07) is 0. The maximum absolute atomic E-state index is 10.7. The number of carbonyl (C=O) groups is 1. The molecule has 0 aromatic rings. The summed E-state index contributed by atoms with van der Waals surface area (Å²) in [5.41, 5.74) is 0.237. The molecule has 0 heterocycles. The minimum atomic E-state index is -1.26. The summed E-state index contributed by atoms with van der Waals surface area (Å²) in [7, 11) is 0. The van der Waals surface area contributed by atoms with Crippen LogP contribution in [-0.2, 0) is 9.53 Å². The lowest BCUT2D eigenvalue weighted by atomic mass is 10.3. The van der Waals surface area contributed by atoms with Gasteiger partial charge in [0.05, 0.1) is 5.38 Å². The second-order valence-electron chi connectivity index (χ2n) is 2.25. The predicted molar refractivity (Wildman–Crippen MR) is 42.2 cm³/mol. The summed E-state index contributed by atoms with van der Waals surface area (Å²) >= 11 is 5.42. The minimum absolute atomic E-state index is 0.237. The Balaban J connectivity index is 3.85. The van der Waals surface area contributed by atoms with Crippen molar-refractivity contribution in [2.24, 2.45) is 0 Å². The lowest BCUT2D eigenvalue weighted by Crippen LogP contribution is -2.25. The first-order chi connectivity index (χ1) is 4.95. The summed E-state index contributed by atoms with van der Waals surface area (Å²) in [4.78, 5) is 10.7. The Morgan fingerprint density at radius 1 is 1.73 bits per heavy atom. The van der Waals surface area contributed by atoms with E-state index < -0.39 is 17.6 Å². The lowest BCUT2D eigenvalue weighted by Gasteiger charge is -2.13. The van der Waals surface area contributed by atoms with E-state index in [0.717, 1.165) is 0 Å². The molecule has 0 aliphatic heterocycles. The number of halogens is 1. The van der Waals surface area contributed by atoms with Crippen LogP contribution in [0, 0.1) is 0 Å². The van der Waals surface area contributed by atoms with E-state index in [1.807, 2.05) is 0 Å². The van der Waals surface area contributed by atoms with Gasteiger partial charge in [0.1, 0.15) is 0 Å². The van der Waals surface area contributed by atoms with Gasteiger partial charge in [-0.25, -0.2) is 4.79 Å². The quantitative estimate of drug-likeness (QED) is 0.304. The lowest BCUT2D eigenvalue weighted by molar-refractivity contribution is -0.162. The van der Waals surface area contributed by atoms with Crippen LogP contribution in [0.2, 0.25) is 0 Å². The zero-order valence-corrected chi connectivity index (χ0v) is 7.26. The van der Waals surface area contributed by atoms with Crippen LogP contribution in [-0.4, -0.2) is 22.7 Å². The van der Waals surface area contributed by atoms with Crippen molar-refractivity contribution in [2.45, 2.75) is 25.5 Å². The zero-order valence-electron chi connectivity index (χ0n) is 6.50. The molecule has 0 amide bonds. The number of hydrogen-bond acceptors (Lipinski definition) is 3. The van der Waals surface area contributed by atoms with Gasteiger partial charge in [-0.1, -0.05) is 6.58 Å². The summed E-state index contributed by atoms with van der Waals surface area (Å²) in [6.07, 6.45) is -1.26. The van der Waals surface area contributed by atoms with E-state index in [0.29, 0.717) is 0 Å². The monoisotopic (exact) mass is 178 g/mol. The molecule has 0 aliphatic rings. The van der Waals surface area contributed by atoms with Crippen LogP contribution in [0.4, 0.5) is 0 Å². The molecule has 2 unspecified atom stereocenters. The van der Waals surface area contributed by atoms with E-state index in [4.69, 9.17) is 16.7 Å². The molecule has 3 nitrogen and oxygen atoms in total. The van der Waals surface area contributed by atoms with E-state index in [1.165, 1.54) is 13.8 Å². The van der Waals surface area contributed by atoms with E-state index >= 15 is 0 Å². The van der Waals surface area contributed by atoms with Crippen molar-refractivity contribution >= 4 is 17.6 Å². The first-order valence-electron chi connectivity index (χ1n) is 3.13. The number of hydrogen-bond donors (Lipinski definition) is 1. The third kappa shape index (κ3) is 4.01. The number of ether oxygens (including phenoxy) is 1. The van der Waals surface area contributed by atoms with Gasteiger partial charge in [0.2, 0.25) is 6.29 Å². The molecule has 0 fully saturated rings. The van der Waals surface area contributed by atoms with E-state index in [2.05, 4.69) is 11.3 Å². The molecule has 0 saturated heterocycles. The van der Waals surface area contributed by atoms with Crippen LogP contribution < -0.4 is 0 Å². The van der Waals surface area contributed by atoms with Crippen LogP contribution in [0.25, 0.3) is 0 Å². The first kappa shape index (κ1) is 10.5. The SMILES string of the molecule is C=C(C)C(=O)OC(O)C(C)Cl. The predicted octanol–water partition coefficient (Wildman–Crippen LogP) is 1.05. The van der Waals surface area contributed by atoms with Gasteiger partial charge in [-0.05, 0) is 13.8 Å². The highest BCUT2D eigenvalue weighted by Gasteiger charge is 2.16. The standard InChI is InChI=1S/C7H11ClO3/c1-4(2)6(9)11-7(10)5(3)8/h5,7,10H,1H2,2-3H3. The molecular weight excluding hydrogens is 168 g/mol.